The Labute approximate surface area is 127 Å². The number of non-ortho nitro benzene ring substituents is 1. The van der Waals surface area contributed by atoms with Crippen LogP contribution in [0.2, 0.25) is 4.34 Å². The third kappa shape index (κ3) is 4.01. The van der Waals surface area contributed by atoms with Crippen molar-refractivity contribution < 1.29 is 4.92 Å². The number of rotatable bonds is 5. The van der Waals surface area contributed by atoms with Gasteiger partial charge in [-0.2, -0.15) is 0 Å². The maximum absolute atomic E-state index is 10.5. The van der Waals surface area contributed by atoms with E-state index in [0.717, 1.165) is 19.2 Å². The molecule has 1 N–H and O–H groups in total. The van der Waals surface area contributed by atoms with E-state index in [4.69, 9.17) is 11.6 Å². The summed E-state index contributed by atoms with van der Waals surface area (Å²) in [7, 11) is 0. The molecule has 0 aliphatic carbocycles. The topological polar surface area (TPSA) is 55.2 Å². The molecule has 0 saturated carbocycles. The third-order valence-electron chi connectivity index (χ3n) is 2.47. The maximum Gasteiger partial charge on any atom is 0.269 e. The molecule has 0 atom stereocenters. The van der Waals surface area contributed by atoms with Crippen LogP contribution in [0.25, 0.3) is 0 Å². The first-order chi connectivity index (χ1) is 9.06. The predicted molar refractivity (Wildman–Crippen MR) is 80.7 cm³/mol. The van der Waals surface area contributed by atoms with Gasteiger partial charge >= 0.3 is 0 Å². The van der Waals surface area contributed by atoms with Gasteiger partial charge in [0.1, 0.15) is 4.34 Å². The molecule has 0 amide bonds. The SMILES string of the molecule is O=[N+]([O-])c1ccc(CNCc2cc(Br)c(Cl)s2)cc1. The van der Waals surface area contributed by atoms with E-state index in [1.807, 2.05) is 6.07 Å². The standard InChI is InChI=1S/C12H10BrClN2O2S/c13-11-5-10(19-12(11)14)7-15-6-8-1-3-9(4-2-8)16(17)18/h1-5,15H,6-7H2. The molecule has 1 aromatic heterocycles. The summed E-state index contributed by atoms with van der Waals surface area (Å²) >= 11 is 10.8. The normalized spacial score (nSPS) is 10.6. The van der Waals surface area contributed by atoms with Crippen LogP contribution < -0.4 is 5.32 Å². The molecular formula is C12H10BrClN2O2S. The molecule has 19 heavy (non-hydrogen) atoms. The molecule has 1 heterocycles. The van der Waals surface area contributed by atoms with E-state index in [9.17, 15) is 10.1 Å². The van der Waals surface area contributed by atoms with E-state index in [-0.39, 0.29) is 5.69 Å². The molecule has 2 aromatic rings. The van der Waals surface area contributed by atoms with Gasteiger partial charge < -0.3 is 5.32 Å². The van der Waals surface area contributed by atoms with Crippen molar-refractivity contribution in [3.8, 4) is 0 Å². The monoisotopic (exact) mass is 360 g/mol. The van der Waals surface area contributed by atoms with Gasteiger partial charge in [-0.15, -0.1) is 11.3 Å². The Morgan fingerprint density at radius 3 is 2.53 bits per heavy atom. The van der Waals surface area contributed by atoms with Crippen LogP contribution in [-0.4, -0.2) is 4.92 Å². The minimum Gasteiger partial charge on any atom is -0.308 e. The van der Waals surface area contributed by atoms with Crippen LogP contribution in [0.4, 0.5) is 5.69 Å². The number of hydrogen-bond acceptors (Lipinski definition) is 4. The fourth-order valence-electron chi connectivity index (χ4n) is 1.54. The van der Waals surface area contributed by atoms with Crippen molar-refractivity contribution in [2.75, 3.05) is 0 Å². The predicted octanol–water partition coefficient (Wildman–Crippen LogP) is 4.36. The molecule has 2 rings (SSSR count). The number of nitrogens with zero attached hydrogens (tertiary/aromatic N) is 1. The van der Waals surface area contributed by atoms with Gasteiger partial charge in [-0.25, -0.2) is 0 Å². The zero-order valence-corrected chi connectivity index (χ0v) is 12.9. The van der Waals surface area contributed by atoms with Crippen molar-refractivity contribution >= 4 is 44.6 Å². The third-order valence-corrected chi connectivity index (χ3v) is 4.95. The summed E-state index contributed by atoms with van der Waals surface area (Å²) < 4.78 is 1.65. The molecule has 7 heteroatoms. The van der Waals surface area contributed by atoms with Crippen LogP contribution in [0, 0.1) is 10.1 Å². The van der Waals surface area contributed by atoms with Crippen molar-refractivity contribution in [2.24, 2.45) is 0 Å². The van der Waals surface area contributed by atoms with Crippen molar-refractivity contribution in [1.82, 2.24) is 5.32 Å². The average molecular weight is 362 g/mol. The number of halogens is 2. The molecule has 0 radical (unpaired) electrons. The number of nitrogens with one attached hydrogen (secondary N) is 1. The molecule has 0 aliphatic rings. The highest BCUT2D eigenvalue weighted by Crippen LogP contribution is 2.31. The summed E-state index contributed by atoms with van der Waals surface area (Å²) in [6.45, 7) is 1.37. The maximum atomic E-state index is 10.5. The lowest BCUT2D eigenvalue weighted by molar-refractivity contribution is -0.384. The molecule has 1 aromatic carbocycles. The van der Waals surface area contributed by atoms with Crippen LogP contribution in [0.3, 0.4) is 0 Å². The lowest BCUT2D eigenvalue weighted by Gasteiger charge is -2.03. The van der Waals surface area contributed by atoms with Crippen LogP contribution in [0.5, 0.6) is 0 Å². The lowest BCUT2D eigenvalue weighted by atomic mass is 10.2. The molecule has 0 aliphatic heterocycles. The Morgan fingerprint density at radius 2 is 2.00 bits per heavy atom. The zero-order valence-electron chi connectivity index (χ0n) is 9.73. The summed E-state index contributed by atoms with van der Waals surface area (Å²) in [6, 6.07) is 8.51. The quantitative estimate of drug-likeness (QED) is 0.636. The minimum absolute atomic E-state index is 0.109. The first-order valence-electron chi connectivity index (χ1n) is 5.44. The Hall–Kier alpha value is -0.950. The van der Waals surface area contributed by atoms with Crippen LogP contribution in [0.15, 0.2) is 34.8 Å². The average Bonchev–Trinajstić information content (AvgIpc) is 2.69. The van der Waals surface area contributed by atoms with Crippen LogP contribution >= 0.6 is 38.9 Å². The summed E-state index contributed by atoms with van der Waals surface area (Å²) in [5.41, 5.74) is 1.12. The molecule has 0 fully saturated rings. The van der Waals surface area contributed by atoms with E-state index < -0.39 is 4.92 Å². The van der Waals surface area contributed by atoms with Gasteiger partial charge in [0.25, 0.3) is 5.69 Å². The number of nitro groups is 1. The van der Waals surface area contributed by atoms with Crippen molar-refractivity contribution in [1.29, 1.82) is 0 Å². The van der Waals surface area contributed by atoms with E-state index in [1.165, 1.54) is 23.5 Å². The second-order valence-electron chi connectivity index (χ2n) is 3.86. The molecule has 0 saturated heterocycles. The number of thiophene rings is 1. The summed E-state index contributed by atoms with van der Waals surface area (Å²) in [4.78, 5) is 11.3. The van der Waals surface area contributed by atoms with Crippen molar-refractivity contribution in [3.05, 3.63) is 59.7 Å². The molecule has 4 nitrogen and oxygen atoms in total. The van der Waals surface area contributed by atoms with Gasteiger partial charge in [-0.1, -0.05) is 23.7 Å². The molecule has 0 unspecified atom stereocenters. The van der Waals surface area contributed by atoms with Gasteiger partial charge in [0, 0.05) is 34.6 Å². The van der Waals surface area contributed by atoms with E-state index >= 15 is 0 Å². The minimum atomic E-state index is -0.400. The molecular weight excluding hydrogens is 352 g/mol. The van der Waals surface area contributed by atoms with Crippen LogP contribution in [0.1, 0.15) is 10.4 Å². The van der Waals surface area contributed by atoms with Gasteiger partial charge in [0.2, 0.25) is 0 Å². The Kier molecular flexibility index (Phi) is 4.93. The Bertz CT molecular complexity index is 566. The van der Waals surface area contributed by atoms with Crippen molar-refractivity contribution in [3.63, 3.8) is 0 Å². The second kappa shape index (κ2) is 6.47. The largest absolute Gasteiger partial charge is 0.308 e. The second-order valence-corrected chi connectivity index (χ2v) is 6.45. The van der Waals surface area contributed by atoms with Gasteiger partial charge in [0.15, 0.2) is 0 Å². The first kappa shape index (κ1) is 14.5. The highest BCUT2D eigenvalue weighted by molar-refractivity contribution is 9.10. The summed E-state index contributed by atoms with van der Waals surface area (Å²) in [5.74, 6) is 0. The number of benzene rings is 1. The highest BCUT2D eigenvalue weighted by atomic mass is 79.9. The Balaban J connectivity index is 1.87. The summed E-state index contributed by atoms with van der Waals surface area (Å²) in [6.07, 6.45) is 0. The van der Waals surface area contributed by atoms with E-state index in [2.05, 4.69) is 21.2 Å². The molecule has 100 valence electrons. The molecule has 0 bridgehead atoms. The fraction of sp³-hybridized carbons (Fsp3) is 0.167. The number of hydrogen-bond donors (Lipinski definition) is 1. The smallest absolute Gasteiger partial charge is 0.269 e. The van der Waals surface area contributed by atoms with E-state index in [1.54, 1.807) is 12.1 Å². The van der Waals surface area contributed by atoms with Gasteiger partial charge in [-0.3, -0.25) is 10.1 Å². The fourth-order valence-corrected chi connectivity index (χ4v) is 3.30. The summed E-state index contributed by atoms with van der Waals surface area (Å²) in [5, 5.41) is 13.8. The lowest BCUT2D eigenvalue weighted by Crippen LogP contribution is -2.11. The number of nitro benzene ring substituents is 1. The zero-order chi connectivity index (χ0) is 13.8. The van der Waals surface area contributed by atoms with Crippen molar-refractivity contribution in [2.45, 2.75) is 13.1 Å². The molecule has 0 spiro atoms. The Morgan fingerprint density at radius 1 is 1.32 bits per heavy atom. The van der Waals surface area contributed by atoms with E-state index in [0.29, 0.717) is 13.1 Å². The van der Waals surface area contributed by atoms with Gasteiger partial charge in [-0.05, 0) is 27.6 Å². The highest BCUT2D eigenvalue weighted by Gasteiger charge is 2.05. The van der Waals surface area contributed by atoms with Crippen LogP contribution in [-0.2, 0) is 13.1 Å². The van der Waals surface area contributed by atoms with Gasteiger partial charge in [0.05, 0.1) is 4.92 Å². The first-order valence-corrected chi connectivity index (χ1v) is 7.43.